The molecule has 0 saturated heterocycles. The molecular formula is C16H16ClN5OS2. The molecule has 0 spiro atoms. The summed E-state index contributed by atoms with van der Waals surface area (Å²) in [5, 5.41) is 15.1. The third kappa shape index (κ3) is 4.20. The van der Waals surface area contributed by atoms with Gasteiger partial charge in [-0.15, -0.1) is 21.5 Å². The van der Waals surface area contributed by atoms with Crippen LogP contribution in [0.4, 0.5) is 5.13 Å². The summed E-state index contributed by atoms with van der Waals surface area (Å²) in [6, 6.07) is 5.82. The number of hydrogen-bond acceptors (Lipinski definition) is 6. The van der Waals surface area contributed by atoms with E-state index in [9.17, 15) is 4.79 Å². The molecule has 1 amide bonds. The minimum absolute atomic E-state index is 0.120. The predicted octanol–water partition coefficient (Wildman–Crippen LogP) is 4.11. The van der Waals surface area contributed by atoms with Gasteiger partial charge < -0.3 is 9.88 Å². The van der Waals surface area contributed by atoms with Gasteiger partial charge in [-0.2, -0.15) is 0 Å². The smallest absolute Gasteiger partial charge is 0.236 e. The largest absolute Gasteiger partial charge is 0.302 e. The highest BCUT2D eigenvalue weighted by molar-refractivity contribution is 7.99. The lowest BCUT2D eigenvalue weighted by Crippen LogP contribution is -2.14. The second kappa shape index (κ2) is 7.99. The first-order valence-electron chi connectivity index (χ1n) is 7.60. The van der Waals surface area contributed by atoms with E-state index in [2.05, 4.69) is 20.5 Å². The number of nitrogens with one attached hydrogen (secondary N) is 1. The zero-order valence-corrected chi connectivity index (χ0v) is 16.1. The van der Waals surface area contributed by atoms with Crippen LogP contribution in [0.1, 0.15) is 12.5 Å². The molecule has 130 valence electrons. The zero-order chi connectivity index (χ0) is 17.8. The number of benzene rings is 1. The standard InChI is InChI=1S/C16H16ClN5OS2/c1-3-22-14(11-5-4-10(2)12(17)8-11)20-21-16(22)25-9-13(23)19-15-18-6-7-24-15/h4-8H,3,9H2,1-2H3,(H,18,19,23). The van der Waals surface area contributed by atoms with E-state index in [-0.39, 0.29) is 11.7 Å². The maximum atomic E-state index is 12.0. The summed E-state index contributed by atoms with van der Waals surface area (Å²) in [5.41, 5.74) is 1.92. The van der Waals surface area contributed by atoms with E-state index >= 15 is 0 Å². The number of thiazole rings is 1. The van der Waals surface area contributed by atoms with E-state index in [0.717, 1.165) is 17.0 Å². The molecular weight excluding hydrogens is 378 g/mol. The van der Waals surface area contributed by atoms with Gasteiger partial charge in [-0.05, 0) is 25.5 Å². The minimum atomic E-state index is -0.120. The average Bonchev–Trinajstić information content (AvgIpc) is 3.24. The Hall–Kier alpha value is -1.90. The van der Waals surface area contributed by atoms with Crippen LogP contribution in [0.3, 0.4) is 0 Å². The highest BCUT2D eigenvalue weighted by Crippen LogP contribution is 2.27. The first kappa shape index (κ1) is 17.9. The van der Waals surface area contributed by atoms with E-state index in [0.29, 0.717) is 21.9 Å². The minimum Gasteiger partial charge on any atom is -0.302 e. The normalized spacial score (nSPS) is 10.8. The Morgan fingerprint density at radius 3 is 2.92 bits per heavy atom. The summed E-state index contributed by atoms with van der Waals surface area (Å²) >= 11 is 8.95. The quantitative estimate of drug-likeness (QED) is 0.638. The van der Waals surface area contributed by atoms with E-state index in [1.165, 1.54) is 23.1 Å². The van der Waals surface area contributed by atoms with Gasteiger partial charge in [-0.3, -0.25) is 4.79 Å². The second-order valence-corrected chi connectivity index (χ2v) is 7.43. The van der Waals surface area contributed by atoms with Crippen LogP contribution in [0, 0.1) is 6.92 Å². The van der Waals surface area contributed by atoms with Gasteiger partial charge in [0.25, 0.3) is 0 Å². The third-order valence-corrected chi connectivity index (χ3v) is 5.54. The number of anilines is 1. The zero-order valence-electron chi connectivity index (χ0n) is 13.7. The Balaban J connectivity index is 1.73. The van der Waals surface area contributed by atoms with Gasteiger partial charge in [0.2, 0.25) is 5.91 Å². The topological polar surface area (TPSA) is 72.7 Å². The fraction of sp³-hybridized carbons (Fsp3) is 0.250. The highest BCUT2D eigenvalue weighted by atomic mass is 35.5. The predicted molar refractivity (Wildman–Crippen MR) is 102 cm³/mol. The van der Waals surface area contributed by atoms with Crippen molar-refractivity contribution in [2.45, 2.75) is 25.5 Å². The van der Waals surface area contributed by atoms with Crippen LogP contribution in [-0.4, -0.2) is 31.4 Å². The SMILES string of the molecule is CCn1c(SCC(=O)Nc2nccs2)nnc1-c1ccc(C)c(Cl)c1. The van der Waals surface area contributed by atoms with Crippen LogP contribution in [0.2, 0.25) is 5.02 Å². The first-order chi connectivity index (χ1) is 12.1. The molecule has 6 nitrogen and oxygen atoms in total. The Morgan fingerprint density at radius 1 is 1.40 bits per heavy atom. The maximum Gasteiger partial charge on any atom is 0.236 e. The van der Waals surface area contributed by atoms with Gasteiger partial charge in [0.05, 0.1) is 5.75 Å². The molecule has 0 saturated carbocycles. The summed E-state index contributed by atoms with van der Waals surface area (Å²) in [6.45, 7) is 4.67. The van der Waals surface area contributed by atoms with Crippen molar-refractivity contribution in [1.29, 1.82) is 0 Å². The summed E-state index contributed by atoms with van der Waals surface area (Å²) in [4.78, 5) is 16.0. The number of carbonyl (C=O) groups is 1. The van der Waals surface area contributed by atoms with Crippen LogP contribution in [-0.2, 0) is 11.3 Å². The monoisotopic (exact) mass is 393 g/mol. The molecule has 0 aliphatic heterocycles. The van der Waals surface area contributed by atoms with Crippen molar-refractivity contribution in [1.82, 2.24) is 19.7 Å². The molecule has 9 heteroatoms. The van der Waals surface area contributed by atoms with Crippen molar-refractivity contribution in [3.63, 3.8) is 0 Å². The summed E-state index contributed by atoms with van der Waals surface area (Å²) in [5.74, 6) is 0.865. The van der Waals surface area contributed by atoms with Crippen molar-refractivity contribution in [2.24, 2.45) is 0 Å². The van der Waals surface area contributed by atoms with Gasteiger partial charge in [0.15, 0.2) is 16.1 Å². The van der Waals surface area contributed by atoms with Gasteiger partial charge in [0.1, 0.15) is 0 Å². The van der Waals surface area contributed by atoms with Crippen LogP contribution in [0.5, 0.6) is 0 Å². The van der Waals surface area contributed by atoms with E-state index < -0.39 is 0 Å². The summed E-state index contributed by atoms with van der Waals surface area (Å²) in [7, 11) is 0. The lowest BCUT2D eigenvalue weighted by atomic mass is 10.1. The highest BCUT2D eigenvalue weighted by Gasteiger charge is 2.15. The molecule has 0 fully saturated rings. The molecule has 2 aromatic heterocycles. The van der Waals surface area contributed by atoms with Crippen LogP contribution >= 0.6 is 34.7 Å². The van der Waals surface area contributed by atoms with E-state index in [4.69, 9.17) is 11.6 Å². The molecule has 0 bridgehead atoms. The number of nitrogens with zero attached hydrogens (tertiary/aromatic N) is 4. The van der Waals surface area contributed by atoms with Crippen LogP contribution < -0.4 is 5.32 Å². The van der Waals surface area contributed by atoms with Crippen molar-refractivity contribution in [3.05, 3.63) is 40.4 Å². The molecule has 0 radical (unpaired) electrons. The maximum absolute atomic E-state index is 12.0. The molecule has 25 heavy (non-hydrogen) atoms. The molecule has 1 N–H and O–H groups in total. The lowest BCUT2D eigenvalue weighted by molar-refractivity contribution is -0.113. The lowest BCUT2D eigenvalue weighted by Gasteiger charge is -2.08. The van der Waals surface area contributed by atoms with Crippen molar-refractivity contribution >= 4 is 45.7 Å². The van der Waals surface area contributed by atoms with E-state index in [1.54, 1.807) is 6.20 Å². The second-order valence-electron chi connectivity index (χ2n) is 5.19. The Bertz CT molecular complexity index is 879. The number of aryl methyl sites for hydroxylation is 1. The van der Waals surface area contributed by atoms with Crippen molar-refractivity contribution in [3.8, 4) is 11.4 Å². The van der Waals surface area contributed by atoms with Gasteiger partial charge in [-0.25, -0.2) is 4.98 Å². The average molecular weight is 394 g/mol. The number of carbonyl (C=O) groups excluding carboxylic acids is 1. The summed E-state index contributed by atoms with van der Waals surface area (Å²) < 4.78 is 1.97. The molecule has 0 unspecified atom stereocenters. The van der Waals surface area contributed by atoms with Gasteiger partial charge in [0, 0.05) is 28.7 Å². The molecule has 0 atom stereocenters. The molecule has 1 aromatic carbocycles. The molecule has 3 rings (SSSR count). The number of aromatic nitrogens is 4. The summed E-state index contributed by atoms with van der Waals surface area (Å²) in [6.07, 6.45) is 1.65. The van der Waals surface area contributed by atoms with Crippen molar-refractivity contribution < 1.29 is 4.79 Å². The number of rotatable bonds is 6. The fourth-order valence-corrected chi connectivity index (χ4v) is 3.72. The van der Waals surface area contributed by atoms with Gasteiger partial charge >= 0.3 is 0 Å². The number of hydrogen-bond donors (Lipinski definition) is 1. The molecule has 3 aromatic rings. The number of amides is 1. The molecule has 0 aliphatic rings. The first-order valence-corrected chi connectivity index (χ1v) is 9.84. The Labute approximate surface area is 158 Å². The van der Waals surface area contributed by atoms with E-state index in [1.807, 2.05) is 42.0 Å². The number of halogens is 1. The van der Waals surface area contributed by atoms with Crippen LogP contribution in [0.25, 0.3) is 11.4 Å². The number of thioether (sulfide) groups is 1. The molecule has 0 aliphatic carbocycles. The Kier molecular flexibility index (Phi) is 5.72. The third-order valence-electron chi connectivity index (χ3n) is 3.47. The van der Waals surface area contributed by atoms with Crippen molar-refractivity contribution in [2.75, 3.05) is 11.1 Å². The molecule has 2 heterocycles. The Morgan fingerprint density at radius 2 is 2.24 bits per heavy atom. The fourth-order valence-electron chi connectivity index (χ4n) is 2.20. The van der Waals surface area contributed by atoms with Crippen LogP contribution in [0.15, 0.2) is 34.9 Å². The van der Waals surface area contributed by atoms with Gasteiger partial charge in [-0.1, -0.05) is 35.5 Å².